The fraction of sp³-hybridized carbons (Fsp3) is 0.500. The number of nitrogens with zero attached hydrogens (tertiary/aromatic N) is 1. The lowest BCUT2D eigenvalue weighted by molar-refractivity contribution is -0.120. The first kappa shape index (κ1) is 14.1. The first-order valence-electron chi connectivity index (χ1n) is 7.66. The molecule has 0 aliphatic heterocycles. The van der Waals surface area contributed by atoms with Gasteiger partial charge < -0.3 is 16.0 Å². The molecule has 1 aliphatic rings. The Morgan fingerprint density at radius 2 is 2.14 bits per heavy atom. The van der Waals surface area contributed by atoms with Crippen molar-refractivity contribution in [3.05, 3.63) is 24.0 Å². The van der Waals surface area contributed by atoms with Crippen molar-refractivity contribution in [2.45, 2.75) is 45.1 Å². The summed E-state index contributed by atoms with van der Waals surface area (Å²) in [4.78, 5) is 20.0. The van der Waals surface area contributed by atoms with Crippen molar-refractivity contribution in [3.8, 4) is 0 Å². The van der Waals surface area contributed by atoms with Crippen molar-refractivity contribution >= 4 is 22.6 Å². The van der Waals surface area contributed by atoms with E-state index in [0.29, 0.717) is 0 Å². The molecule has 21 heavy (non-hydrogen) atoms. The van der Waals surface area contributed by atoms with Gasteiger partial charge in [0.25, 0.3) is 0 Å². The number of carbonyl (C=O) groups excluding carboxylic acids is 1. The number of aromatic amines is 1. The molecule has 1 aliphatic carbocycles. The normalized spacial score (nSPS) is 23.0. The monoisotopic (exact) mass is 286 g/mol. The van der Waals surface area contributed by atoms with Gasteiger partial charge in [0.1, 0.15) is 5.82 Å². The van der Waals surface area contributed by atoms with E-state index in [-0.39, 0.29) is 17.9 Å². The molecule has 112 valence electrons. The zero-order chi connectivity index (χ0) is 14.8. The Hall–Kier alpha value is -1.88. The van der Waals surface area contributed by atoms with Gasteiger partial charge in [0.05, 0.1) is 17.0 Å². The number of amides is 1. The Labute approximate surface area is 124 Å². The van der Waals surface area contributed by atoms with Crippen molar-refractivity contribution in [2.24, 2.45) is 11.7 Å². The number of rotatable bonds is 2. The van der Waals surface area contributed by atoms with E-state index >= 15 is 0 Å². The Morgan fingerprint density at radius 3 is 3.00 bits per heavy atom. The third-order valence-electron chi connectivity index (χ3n) is 4.27. The smallest absolute Gasteiger partial charge is 0.229 e. The van der Waals surface area contributed by atoms with E-state index in [9.17, 15) is 4.79 Å². The third kappa shape index (κ3) is 3.08. The van der Waals surface area contributed by atoms with Crippen LogP contribution in [0.5, 0.6) is 0 Å². The summed E-state index contributed by atoms with van der Waals surface area (Å²) in [6.45, 7) is 1.92. The van der Waals surface area contributed by atoms with Crippen molar-refractivity contribution in [1.29, 1.82) is 0 Å². The quantitative estimate of drug-likeness (QED) is 0.742. The van der Waals surface area contributed by atoms with E-state index in [1.807, 2.05) is 25.1 Å². The maximum Gasteiger partial charge on any atom is 0.229 e. The van der Waals surface area contributed by atoms with Crippen LogP contribution in [0.15, 0.2) is 18.2 Å². The second-order valence-corrected chi connectivity index (χ2v) is 5.95. The van der Waals surface area contributed by atoms with Gasteiger partial charge in [-0.2, -0.15) is 0 Å². The molecule has 5 heteroatoms. The van der Waals surface area contributed by atoms with Gasteiger partial charge in [0.15, 0.2) is 0 Å². The largest absolute Gasteiger partial charge is 0.342 e. The van der Waals surface area contributed by atoms with Gasteiger partial charge >= 0.3 is 0 Å². The lowest BCUT2D eigenvalue weighted by Crippen LogP contribution is -2.37. The number of H-pyrrole nitrogens is 1. The van der Waals surface area contributed by atoms with Crippen LogP contribution in [0, 0.1) is 12.8 Å². The van der Waals surface area contributed by atoms with Gasteiger partial charge in [-0.05, 0) is 38.0 Å². The number of imidazole rings is 1. The summed E-state index contributed by atoms with van der Waals surface area (Å²) in [5.74, 6) is 0.839. The molecule has 0 radical (unpaired) electrons. The number of aryl methyl sites for hydroxylation is 1. The minimum Gasteiger partial charge on any atom is -0.342 e. The molecule has 4 N–H and O–H groups in total. The molecule has 1 saturated carbocycles. The summed E-state index contributed by atoms with van der Waals surface area (Å²) in [5, 5.41) is 3.00. The lowest BCUT2D eigenvalue weighted by Gasteiger charge is -2.20. The fourth-order valence-corrected chi connectivity index (χ4v) is 3.11. The van der Waals surface area contributed by atoms with Crippen molar-refractivity contribution in [1.82, 2.24) is 9.97 Å². The molecule has 1 heterocycles. The highest BCUT2D eigenvalue weighted by molar-refractivity contribution is 5.94. The maximum absolute atomic E-state index is 12.5. The van der Waals surface area contributed by atoms with Gasteiger partial charge in [-0.1, -0.05) is 19.3 Å². The summed E-state index contributed by atoms with van der Waals surface area (Å²) in [6.07, 6.45) is 5.22. The van der Waals surface area contributed by atoms with Crippen molar-refractivity contribution in [3.63, 3.8) is 0 Å². The number of anilines is 1. The highest BCUT2D eigenvalue weighted by Crippen LogP contribution is 2.24. The summed E-state index contributed by atoms with van der Waals surface area (Å²) >= 11 is 0. The Kier molecular flexibility index (Phi) is 3.92. The molecule has 1 fully saturated rings. The number of benzene rings is 1. The number of nitrogens with one attached hydrogen (secondary N) is 2. The molecular formula is C16H22N4O. The molecule has 2 unspecified atom stereocenters. The number of hydrogen-bond donors (Lipinski definition) is 3. The fourth-order valence-electron chi connectivity index (χ4n) is 3.11. The van der Waals surface area contributed by atoms with Gasteiger partial charge in [0.2, 0.25) is 5.91 Å². The van der Waals surface area contributed by atoms with E-state index in [2.05, 4.69) is 15.3 Å². The molecule has 1 aromatic carbocycles. The maximum atomic E-state index is 12.5. The summed E-state index contributed by atoms with van der Waals surface area (Å²) in [7, 11) is 0. The third-order valence-corrected chi connectivity index (χ3v) is 4.27. The zero-order valence-corrected chi connectivity index (χ0v) is 12.4. The van der Waals surface area contributed by atoms with Crippen LogP contribution < -0.4 is 11.1 Å². The minimum absolute atomic E-state index is 0.0226. The van der Waals surface area contributed by atoms with E-state index in [4.69, 9.17) is 5.73 Å². The van der Waals surface area contributed by atoms with Crippen LogP contribution in [-0.2, 0) is 4.79 Å². The first-order valence-corrected chi connectivity index (χ1v) is 7.66. The average Bonchev–Trinajstić information content (AvgIpc) is 2.67. The van der Waals surface area contributed by atoms with E-state index in [1.54, 1.807) is 0 Å². The van der Waals surface area contributed by atoms with E-state index < -0.39 is 0 Å². The second-order valence-electron chi connectivity index (χ2n) is 5.95. The van der Waals surface area contributed by atoms with Crippen LogP contribution in [0.2, 0.25) is 0 Å². The zero-order valence-electron chi connectivity index (χ0n) is 12.4. The summed E-state index contributed by atoms with van der Waals surface area (Å²) in [5.41, 5.74) is 8.80. The number of nitrogens with two attached hydrogens (primary N) is 1. The van der Waals surface area contributed by atoms with Crippen LogP contribution in [-0.4, -0.2) is 21.9 Å². The second kappa shape index (κ2) is 5.85. The van der Waals surface area contributed by atoms with Gasteiger partial charge in [-0.15, -0.1) is 0 Å². The molecule has 2 atom stereocenters. The first-order chi connectivity index (χ1) is 10.1. The number of hydrogen-bond acceptors (Lipinski definition) is 3. The van der Waals surface area contributed by atoms with Crippen LogP contribution in [0.25, 0.3) is 11.0 Å². The number of aromatic nitrogens is 2. The van der Waals surface area contributed by atoms with Gasteiger partial charge in [-0.3, -0.25) is 4.79 Å². The van der Waals surface area contributed by atoms with Crippen LogP contribution in [0.1, 0.15) is 37.9 Å². The summed E-state index contributed by atoms with van der Waals surface area (Å²) < 4.78 is 0. The molecule has 0 bridgehead atoms. The average molecular weight is 286 g/mol. The molecule has 1 amide bonds. The number of fused-ring (bicyclic) bond motifs is 1. The van der Waals surface area contributed by atoms with E-state index in [1.165, 1.54) is 6.42 Å². The SMILES string of the molecule is Cc1nc2ccc(NC(=O)C3CCCCCC3N)cc2[nH]1. The van der Waals surface area contributed by atoms with Crippen LogP contribution >= 0.6 is 0 Å². The highest BCUT2D eigenvalue weighted by Gasteiger charge is 2.27. The number of carbonyl (C=O) groups is 1. The Bertz CT molecular complexity index is 649. The Morgan fingerprint density at radius 1 is 1.33 bits per heavy atom. The molecule has 2 aromatic rings. The molecule has 3 rings (SSSR count). The molecule has 1 aromatic heterocycles. The summed E-state index contributed by atoms with van der Waals surface area (Å²) in [6, 6.07) is 5.71. The topological polar surface area (TPSA) is 83.8 Å². The molecule has 5 nitrogen and oxygen atoms in total. The van der Waals surface area contributed by atoms with Crippen LogP contribution in [0.3, 0.4) is 0 Å². The molecular weight excluding hydrogens is 264 g/mol. The molecule has 0 saturated heterocycles. The lowest BCUT2D eigenvalue weighted by atomic mass is 9.94. The van der Waals surface area contributed by atoms with Gasteiger partial charge in [0, 0.05) is 11.7 Å². The van der Waals surface area contributed by atoms with E-state index in [0.717, 1.165) is 48.2 Å². The molecule has 0 spiro atoms. The predicted molar refractivity (Wildman–Crippen MR) is 84.0 cm³/mol. The van der Waals surface area contributed by atoms with Crippen molar-refractivity contribution in [2.75, 3.05) is 5.32 Å². The predicted octanol–water partition coefficient (Wildman–Crippen LogP) is 2.72. The van der Waals surface area contributed by atoms with Gasteiger partial charge in [-0.25, -0.2) is 4.98 Å². The Balaban J connectivity index is 1.75. The van der Waals surface area contributed by atoms with Crippen LogP contribution in [0.4, 0.5) is 5.69 Å². The minimum atomic E-state index is -0.0771. The highest BCUT2D eigenvalue weighted by atomic mass is 16.1. The van der Waals surface area contributed by atoms with Crippen molar-refractivity contribution < 1.29 is 4.79 Å². The standard InChI is InChI=1S/C16H22N4O/c1-10-18-14-8-7-11(9-15(14)19-10)20-16(21)12-5-3-2-4-6-13(12)17/h7-9,12-13H,2-6,17H2,1H3,(H,18,19)(H,20,21).